The number of ether oxygens (including phenoxy) is 1. The zero-order valence-corrected chi connectivity index (χ0v) is 13.1. The van der Waals surface area contributed by atoms with Crippen LogP contribution >= 0.6 is 0 Å². The van der Waals surface area contributed by atoms with E-state index in [9.17, 15) is 14.7 Å². The van der Waals surface area contributed by atoms with Crippen molar-refractivity contribution in [2.24, 2.45) is 0 Å². The number of aromatic nitrogens is 2. The average molecular weight is 329 g/mol. The topological polar surface area (TPSA) is 96.3 Å². The molecule has 4 rings (SSSR count). The Kier molecular flexibility index (Phi) is 3.65. The minimum atomic E-state index is -0.306. The van der Waals surface area contributed by atoms with Gasteiger partial charge in [-0.25, -0.2) is 0 Å². The molecule has 1 fully saturated rings. The summed E-state index contributed by atoms with van der Waals surface area (Å²) in [6.45, 7) is 1.30. The molecule has 2 aliphatic rings. The molecule has 24 heavy (non-hydrogen) atoms. The molecule has 0 bridgehead atoms. The van der Waals surface area contributed by atoms with E-state index in [0.717, 1.165) is 18.4 Å². The summed E-state index contributed by atoms with van der Waals surface area (Å²) in [5.74, 6) is 0.314. The van der Waals surface area contributed by atoms with Crippen molar-refractivity contribution in [3.05, 3.63) is 45.7 Å². The Morgan fingerprint density at radius 1 is 1.12 bits per heavy atom. The highest BCUT2D eigenvalue weighted by molar-refractivity contribution is 5.94. The smallest absolute Gasteiger partial charge is 0.270 e. The van der Waals surface area contributed by atoms with Crippen molar-refractivity contribution in [1.82, 2.24) is 9.78 Å². The highest BCUT2D eigenvalue weighted by Gasteiger charge is 2.34. The molecule has 0 saturated carbocycles. The molecule has 1 aromatic heterocycles. The van der Waals surface area contributed by atoms with Crippen molar-refractivity contribution in [1.29, 1.82) is 0 Å². The first-order valence-corrected chi connectivity index (χ1v) is 8.14. The number of benzene rings is 1. The minimum absolute atomic E-state index is 0.111. The SMILES string of the molecule is O=C1C[C@@H](c2ccc(O)cc2)c2c(n(C3CCOCC3)[nH]c2=O)N1. The number of carbonyl (C=O) groups excluding carboxylic acids is 1. The van der Waals surface area contributed by atoms with Gasteiger partial charge >= 0.3 is 0 Å². The van der Waals surface area contributed by atoms with Crippen molar-refractivity contribution in [2.45, 2.75) is 31.2 Å². The lowest BCUT2D eigenvalue weighted by atomic mass is 9.87. The predicted molar refractivity (Wildman–Crippen MR) is 87.3 cm³/mol. The van der Waals surface area contributed by atoms with Gasteiger partial charge in [-0.1, -0.05) is 12.1 Å². The first kappa shape index (κ1) is 15.0. The van der Waals surface area contributed by atoms with E-state index in [4.69, 9.17) is 4.74 Å². The van der Waals surface area contributed by atoms with Gasteiger partial charge in [-0.05, 0) is 30.5 Å². The lowest BCUT2D eigenvalue weighted by Crippen LogP contribution is -2.28. The lowest BCUT2D eigenvalue weighted by molar-refractivity contribution is -0.116. The molecule has 3 N–H and O–H groups in total. The molecule has 3 heterocycles. The van der Waals surface area contributed by atoms with Gasteiger partial charge in [-0.15, -0.1) is 0 Å². The van der Waals surface area contributed by atoms with E-state index in [-0.39, 0.29) is 35.6 Å². The Bertz CT molecular complexity index is 815. The Balaban J connectivity index is 1.79. The molecule has 0 spiro atoms. The number of phenolic OH excluding ortho intramolecular Hbond substituents is 1. The van der Waals surface area contributed by atoms with Gasteiger partial charge in [0.25, 0.3) is 5.56 Å². The number of aromatic amines is 1. The number of hydrogen-bond donors (Lipinski definition) is 3. The Morgan fingerprint density at radius 3 is 2.54 bits per heavy atom. The molecule has 2 aliphatic heterocycles. The maximum atomic E-state index is 12.6. The van der Waals surface area contributed by atoms with E-state index in [1.807, 2.05) is 0 Å². The van der Waals surface area contributed by atoms with Crippen LogP contribution in [0.5, 0.6) is 5.75 Å². The number of anilines is 1. The number of fused-ring (bicyclic) bond motifs is 1. The van der Waals surface area contributed by atoms with Crippen LogP contribution in [0.15, 0.2) is 29.1 Å². The summed E-state index contributed by atoms with van der Waals surface area (Å²) in [5, 5.41) is 15.2. The third-order valence-electron chi connectivity index (χ3n) is 4.81. The summed E-state index contributed by atoms with van der Waals surface area (Å²) in [4.78, 5) is 24.8. The molecule has 1 atom stereocenters. The number of hydrogen-bond acceptors (Lipinski definition) is 4. The molecule has 1 amide bonds. The largest absolute Gasteiger partial charge is 0.508 e. The summed E-state index contributed by atoms with van der Waals surface area (Å²) in [5.41, 5.74) is 1.26. The number of aromatic hydroxyl groups is 1. The van der Waals surface area contributed by atoms with E-state index >= 15 is 0 Å². The number of rotatable bonds is 2. The van der Waals surface area contributed by atoms with Crippen LogP contribution in [0, 0.1) is 0 Å². The summed E-state index contributed by atoms with van der Waals surface area (Å²) in [6, 6.07) is 6.78. The molecule has 0 aliphatic carbocycles. The molecule has 0 unspecified atom stereocenters. The average Bonchev–Trinajstić information content (AvgIpc) is 2.92. The second-order valence-corrected chi connectivity index (χ2v) is 6.31. The van der Waals surface area contributed by atoms with Crippen molar-refractivity contribution in [3.8, 4) is 5.75 Å². The van der Waals surface area contributed by atoms with Gasteiger partial charge < -0.3 is 15.2 Å². The number of nitrogens with one attached hydrogen (secondary N) is 2. The van der Waals surface area contributed by atoms with E-state index in [1.54, 1.807) is 28.9 Å². The molecule has 7 heteroatoms. The van der Waals surface area contributed by atoms with Gasteiger partial charge in [-0.3, -0.25) is 19.4 Å². The van der Waals surface area contributed by atoms with Crippen LogP contribution in [-0.4, -0.2) is 34.0 Å². The van der Waals surface area contributed by atoms with Crippen molar-refractivity contribution >= 4 is 11.7 Å². The quantitative estimate of drug-likeness (QED) is 0.781. The monoisotopic (exact) mass is 329 g/mol. The Hall–Kier alpha value is -2.54. The fourth-order valence-corrected chi connectivity index (χ4v) is 3.59. The number of phenols is 1. The van der Waals surface area contributed by atoms with Crippen LogP contribution in [0.4, 0.5) is 5.82 Å². The van der Waals surface area contributed by atoms with Gasteiger partial charge in [0.05, 0.1) is 11.6 Å². The molecule has 1 saturated heterocycles. The maximum Gasteiger partial charge on any atom is 0.270 e. The van der Waals surface area contributed by atoms with E-state index in [2.05, 4.69) is 10.4 Å². The van der Waals surface area contributed by atoms with Crippen LogP contribution in [0.3, 0.4) is 0 Å². The van der Waals surface area contributed by atoms with Crippen molar-refractivity contribution in [2.75, 3.05) is 18.5 Å². The van der Waals surface area contributed by atoms with Crippen LogP contribution < -0.4 is 10.9 Å². The van der Waals surface area contributed by atoms with Gasteiger partial charge in [0.2, 0.25) is 5.91 Å². The number of amides is 1. The second kappa shape index (κ2) is 5.83. The van der Waals surface area contributed by atoms with Crippen LogP contribution in [0.2, 0.25) is 0 Å². The van der Waals surface area contributed by atoms with Crippen LogP contribution in [-0.2, 0) is 9.53 Å². The second-order valence-electron chi connectivity index (χ2n) is 6.31. The maximum absolute atomic E-state index is 12.6. The molecule has 0 radical (unpaired) electrons. The number of nitrogens with zero attached hydrogens (tertiary/aromatic N) is 1. The van der Waals surface area contributed by atoms with Crippen LogP contribution in [0.1, 0.15) is 42.3 Å². The fraction of sp³-hybridized carbons (Fsp3) is 0.412. The van der Waals surface area contributed by atoms with Crippen molar-refractivity contribution in [3.63, 3.8) is 0 Å². The fourth-order valence-electron chi connectivity index (χ4n) is 3.59. The summed E-state index contributed by atoms with van der Waals surface area (Å²) in [7, 11) is 0. The highest BCUT2D eigenvalue weighted by Crippen LogP contribution is 2.37. The molecule has 7 nitrogen and oxygen atoms in total. The number of H-pyrrole nitrogens is 1. The van der Waals surface area contributed by atoms with Gasteiger partial charge in [0, 0.05) is 25.6 Å². The Labute approximate surface area is 138 Å². The standard InChI is InChI=1S/C17H19N3O4/c21-12-3-1-10(2-4-12)13-9-14(22)18-16-15(13)17(23)19-20(16)11-5-7-24-8-6-11/h1-4,11,13,21H,5-9H2,(H,18,22)(H,19,23)/t13-/m0/s1. The summed E-state index contributed by atoms with van der Waals surface area (Å²) in [6.07, 6.45) is 1.83. The van der Waals surface area contributed by atoms with Crippen molar-refractivity contribution < 1.29 is 14.6 Å². The zero-order valence-electron chi connectivity index (χ0n) is 13.1. The van der Waals surface area contributed by atoms with E-state index in [1.165, 1.54) is 0 Å². The molecule has 1 aromatic carbocycles. The normalized spacial score (nSPS) is 21.3. The van der Waals surface area contributed by atoms with Gasteiger partial charge in [0.15, 0.2) is 0 Å². The first-order chi connectivity index (χ1) is 11.6. The van der Waals surface area contributed by atoms with E-state index in [0.29, 0.717) is 24.6 Å². The number of carbonyl (C=O) groups is 1. The summed E-state index contributed by atoms with van der Waals surface area (Å²) < 4.78 is 7.17. The zero-order chi connectivity index (χ0) is 16.7. The Morgan fingerprint density at radius 2 is 1.83 bits per heavy atom. The molecule has 126 valence electrons. The molecule has 2 aromatic rings. The predicted octanol–water partition coefficient (Wildman–Crippen LogP) is 1.71. The third kappa shape index (κ3) is 2.50. The van der Waals surface area contributed by atoms with E-state index < -0.39 is 0 Å². The van der Waals surface area contributed by atoms with Gasteiger partial charge in [0.1, 0.15) is 11.6 Å². The minimum Gasteiger partial charge on any atom is -0.508 e. The highest BCUT2D eigenvalue weighted by atomic mass is 16.5. The molecular formula is C17H19N3O4. The third-order valence-corrected chi connectivity index (χ3v) is 4.81. The molecular weight excluding hydrogens is 310 g/mol. The van der Waals surface area contributed by atoms with Gasteiger partial charge in [-0.2, -0.15) is 0 Å². The lowest BCUT2D eigenvalue weighted by Gasteiger charge is -2.28. The van der Waals surface area contributed by atoms with Crippen LogP contribution in [0.25, 0.3) is 0 Å². The first-order valence-electron chi connectivity index (χ1n) is 8.14. The summed E-state index contributed by atoms with van der Waals surface area (Å²) >= 11 is 0.